The molecule has 1 atom stereocenters. The maximum Gasteiger partial charge on any atom is 0.293 e. The van der Waals surface area contributed by atoms with Crippen LogP contribution in [0.25, 0.3) is 22.6 Å². The average molecular weight is 339 g/mol. The van der Waals surface area contributed by atoms with Gasteiger partial charge in [-0.2, -0.15) is 4.98 Å². The Kier molecular flexibility index (Phi) is 4.97. The minimum Gasteiger partial charge on any atom is -0.451 e. The quantitative estimate of drug-likeness (QED) is 0.562. The molecule has 2 aromatic heterocycles. The molecule has 1 unspecified atom stereocenters. The zero-order valence-corrected chi connectivity index (χ0v) is 13.3. The van der Waals surface area contributed by atoms with Gasteiger partial charge in [0, 0.05) is 30.0 Å². The molecule has 0 spiro atoms. The van der Waals surface area contributed by atoms with E-state index >= 15 is 0 Å². The van der Waals surface area contributed by atoms with E-state index in [-0.39, 0.29) is 30.0 Å². The topological polar surface area (TPSA) is 107 Å². The first-order valence-electron chi connectivity index (χ1n) is 6.75. The van der Waals surface area contributed by atoms with Gasteiger partial charge in [0.15, 0.2) is 11.6 Å². The summed E-state index contributed by atoms with van der Waals surface area (Å²) in [5, 5.41) is 18.4. The highest BCUT2D eigenvalue weighted by atomic mass is 35.5. The Balaban J connectivity index is 0.00000192. The second kappa shape index (κ2) is 6.76. The number of likely N-dealkylation sites (N-methyl/N-ethyl adjacent to an activating group) is 1. The van der Waals surface area contributed by atoms with E-state index in [9.17, 15) is 10.1 Å². The summed E-state index contributed by atoms with van der Waals surface area (Å²) < 4.78 is 10.8. The molecule has 0 aliphatic heterocycles. The zero-order valence-electron chi connectivity index (χ0n) is 12.5. The molecule has 9 heteroatoms. The van der Waals surface area contributed by atoms with Crippen molar-refractivity contribution in [2.75, 3.05) is 7.05 Å². The standard InChI is InChI=1S/C14H14N4O4.ClH/c1-8(15-2)5-13-16-14(22-17-13)12-7-9-6-10(18(19)20)3-4-11(9)21-12;/h3-4,6-8,15H,5H2,1-2H3;1H. The lowest BCUT2D eigenvalue weighted by Gasteiger charge is -2.04. The van der Waals surface area contributed by atoms with Crippen LogP contribution < -0.4 is 5.32 Å². The second-order valence-electron chi connectivity index (χ2n) is 5.00. The highest BCUT2D eigenvalue weighted by Crippen LogP contribution is 2.29. The van der Waals surface area contributed by atoms with E-state index in [0.717, 1.165) is 0 Å². The first-order chi connectivity index (χ1) is 10.6. The third kappa shape index (κ3) is 3.49. The smallest absolute Gasteiger partial charge is 0.293 e. The second-order valence-corrected chi connectivity index (χ2v) is 5.00. The number of furan rings is 1. The Bertz CT molecular complexity index is 829. The fraction of sp³-hybridized carbons (Fsp3) is 0.286. The Labute approximate surface area is 137 Å². The van der Waals surface area contributed by atoms with E-state index in [1.165, 1.54) is 12.1 Å². The highest BCUT2D eigenvalue weighted by Gasteiger charge is 2.16. The Morgan fingerprint density at radius 1 is 1.39 bits per heavy atom. The maximum atomic E-state index is 10.8. The number of nitro benzene ring substituents is 1. The first-order valence-corrected chi connectivity index (χ1v) is 6.75. The molecule has 0 amide bonds. The largest absolute Gasteiger partial charge is 0.451 e. The molecule has 23 heavy (non-hydrogen) atoms. The van der Waals surface area contributed by atoms with Crippen LogP contribution in [0, 0.1) is 10.1 Å². The van der Waals surface area contributed by atoms with Crippen molar-refractivity contribution in [3.63, 3.8) is 0 Å². The number of aromatic nitrogens is 2. The molecular formula is C14H15ClN4O4. The maximum absolute atomic E-state index is 10.8. The monoisotopic (exact) mass is 338 g/mol. The lowest BCUT2D eigenvalue weighted by molar-refractivity contribution is -0.384. The molecule has 0 aliphatic carbocycles. The van der Waals surface area contributed by atoms with Gasteiger partial charge in [-0.15, -0.1) is 12.4 Å². The summed E-state index contributed by atoms with van der Waals surface area (Å²) >= 11 is 0. The van der Waals surface area contributed by atoms with Gasteiger partial charge in [-0.05, 0) is 26.1 Å². The summed E-state index contributed by atoms with van der Waals surface area (Å²) in [4.78, 5) is 14.6. The number of benzene rings is 1. The van der Waals surface area contributed by atoms with Crippen molar-refractivity contribution in [3.8, 4) is 11.7 Å². The molecule has 0 fully saturated rings. The van der Waals surface area contributed by atoms with Crippen molar-refractivity contribution in [1.82, 2.24) is 15.5 Å². The lowest BCUT2D eigenvalue weighted by Crippen LogP contribution is -2.24. The van der Waals surface area contributed by atoms with E-state index in [4.69, 9.17) is 8.94 Å². The van der Waals surface area contributed by atoms with Gasteiger partial charge < -0.3 is 14.3 Å². The summed E-state index contributed by atoms with van der Waals surface area (Å²) in [6.07, 6.45) is 0.631. The Morgan fingerprint density at radius 2 is 2.17 bits per heavy atom. The van der Waals surface area contributed by atoms with E-state index < -0.39 is 4.92 Å². The van der Waals surface area contributed by atoms with Crippen LogP contribution in [0.1, 0.15) is 12.7 Å². The molecule has 1 N–H and O–H groups in total. The fourth-order valence-electron chi connectivity index (χ4n) is 2.06. The van der Waals surface area contributed by atoms with Gasteiger partial charge in [-0.25, -0.2) is 0 Å². The minimum atomic E-state index is -0.448. The predicted molar refractivity (Wildman–Crippen MR) is 85.6 cm³/mol. The summed E-state index contributed by atoms with van der Waals surface area (Å²) in [6.45, 7) is 2.01. The number of nitro groups is 1. The minimum absolute atomic E-state index is 0. The molecule has 0 radical (unpaired) electrons. The van der Waals surface area contributed by atoms with Crippen LogP contribution in [-0.4, -0.2) is 28.2 Å². The molecule has 122 valence electrons. The van der Waals surface area contributed by atoms with E-state index in [1.54, 1.807) is 12.1 Å². The molecule has 0 saturated heterocycles. The zero-order chi connectivity index (χ0) is 15.7. The predicted octanol–water partition coefficient (Wildman–Crippen LogP) is 2.96. The number of fused-ring (bicyclic) bond motifs is 1. The van der Waals surface area contributed by atoms with Crippen LogP contribution in [0.3, 0.4) is 0 Å². The molecular weight excluding hydrogens is 324 g/mol. The Morgan fingerprint density at radius 3 is 2.87 bits per heavy atom. The van der Waals surface area contributed by atoms with Crippen molar-refractivity contribution < 1.29 is 13.9 Å². The number of nitrogens with zero attached hydrogens (tertiary/aromatic N) is 3. The van der Waals surface area contributed by atoms with Crippen molar-refractivity contribution in [3.05, 3.63) is 40.2 Å². The Hall–Kier alpha value is -2.45. The molecule has 0 aliphatic rings. The van der Waals surface area contributed by atoms with Crippen LogP contribution in [0.2, 0.25) is 0 Å². The number of hydrogen-bond donors (Lipinski definition) is 1. The van der Waals surface area contributed by atoms with E-state index in [1.807, 2.05) is 14.0 Å². The van der Waals surface area contributed by atoms with Gasteiger partial charge >= 0.3 is 0 Å². The number of nitrogens with one attached hydrogen (secondary N) is 1. The molecule has 0 saturated carbocycles. The highest BCUT2D eigenvalue weighted by molar-refractivity contribution is 5.85. The van der Waals surface area contributed by atoms with Crippen LogP contribution >= 0.6 is 12.4 Å². The molecule has 3 rings (SSSR count). The first kappa shape index (κ1) is 16.9. The molecule has 1 aromatic carbocycles. The molecule has 3 aromatic rings. The molecule has 8 nitrogen and oxygen atoms in total. The number of halogens is 1. The van der Waals surface area contributed by atoms with E-state index in [2.05, 4.69) is 15.5 Å². The number of hydrogen-bond acceptors (Lipinski definition) is 7. The fourth-order valence-corrected chi connectivity index (χ4v) is 2.06. The van der Waals surface area contributed by atoms with Crippen molar-refractivity contribution in [2.24, 2.45) is 0 Å². The lowest BCUT2D eigenvalue weighted by atomic mass is 10.2. The summed E-state index contributed by atoms with van der Waals surface area (Å²) in [5.74, 6) is 1.23. The number of non-ortho nitro benzene ring substituents is 1. The van der Waals surface area contributed by atoms with Gasteiger partial charge in [0.05, 0.1) is 4.92 Å². The van der Waals surface area contributed by atoms with Crippen LogP contribution in [-0.2, 0) is 6.42 Å². The summed E-state index contributed by atoms with van der Waals surface area (Å²) in [5.41, 5.74) is 0.540. The third-order valence-electron chi connectivity index (χ3n) is 3.37. The van der Waals surface area contributed by atoms with Gasteiger partial charge in [-0.1, -0.05) is 5.16 Å². The van der Waals surface area contributed by atoms with Crippen LogP contribution in [0.5, 0.6) is 0 Å². The van der Waals surface area contributed by atoms with Gasteiger partial charge in [0.2, 0.25) is 0 Å². The summed E-state index contributed by atoms with van der Waals surface area (Å²) in [6, 6.07) is 6.27. The molecule has 2 heterocycles. The number of rotatable bonds is 5. The van der Waals surface area contributed by atoms with Crippen molar-refractivity contribution >= 4 is 29.1 Å². The average Bonchev–Trinajstić information content (AvgIpc) is 3.12. The van der Waals surface area contributed by atoms with Crippen LogP contribution in [0.4, 0.5) is 5.69 Å². The van der Waals surface area contributed by atoms with Gasteiger partial charge in [-0.3, -0.25) is 10.1 Å². The van der Waals surface area contributed by atoms with Crippen molar-refractivity contribution in [1.29, 1.82) is 0 Å². The van der Waals surface area contributed by atoms with Gasteiger partial charge in [0.1, 0.15) is 5.58 Å². The SMILES string of the molecule is CNC(C)Cc1noc(-c2cc3cc([N+](=O)[O-])ccc3o2)n1.Cl. The third-order valence-corrected chi connectivity index (χ3v) is 3.37. The molecule has 0 bridgehead atoms. The van der Waals surface area contributed by atoms with Crippen molar-refractivity contribution in [2.45, 2.75) is 19.4 Å². The normalized spacial score (nSPS) is 12.1. The van der Waals surface area contributed by atoms with Crippen LogP contribution in [0.15, 0.2) is 33.2 Å². The van der Waals surface area contributed by atoms with Gasteiger partial charge in [0.25, 0.3) is 11.6 Å². The summed E-state index contributed by atoms with van der Waals surface area (Å²) in [7, 11) is 1.86. The van der Waals surface area contributed by atoms with E-state index in [0.29, 0.717) is 29.0 Å².